The summed E-state index contributed by atoms with van der Waals surface area (Å²) in [5, 5.41) is 10.1. The third kappa shape index (κ3) is 5.76. The van der Waals surface area contributed by atoms with Gasteiger partial charge in [0.2, 0.25) is 0 Å². The summed E-state index contributed by atoms with van der Waals surface area (Å²) in [6, 6.07) is 1.28. The molecule has 1 saturated heterocycles. The number of carbonyl (C=O) groups excluding carboxylic acids is 1. The molecule has 0 aromatic carbocycles. The van der Waals surface area contributed by atoms with Gasteiger partial charge in [-0.3, -0.25) is 0 Å². The standard InChI is InChI=1S/C17H33N3O2/c1-17(2,3)22-16(21)20-12-11-19-14-8-5-4-7-13(14)15-9-6-10-18-15/h13-15,18-19H,4-12H2,1-3H3,(H,20,21). The molecule has 128 valence electrons. The second-order valence-electron chi connectivity index (χ2n) is 7.64. The van der Waals surface area contributed by atoms with E-state index in [4.69, 9.17) is 4.74 Å². The van der Waals surface area contributed by atoms with Crippen molar-refractivity contribution in [3.8, 4) is 0 Å². The quantitative estimate of drug-likeness (QED) is 0.682. The van der Waals surface area contributed by atoms with E-state index >= 15 is 0 Å². The Bertz CT molecular complexity index is 348. The Morgan fingerprint density at radius 2 is 1.91 bits per heavy atom. The lowest BCUT2D eigenvalue weighted by Crippen LogP contribution is -2.48. The van der Waals surface area contributed by atoms with E-state index in [2.05, 4.69) is 16.0 Å². The average Bonchev–Trinajstić information content (AvgIpc) is 2.96. The first kappa shape index (κ1) is 17.5. The van der Waals surface area contributed by atoms with Crippen molar-refractivity contribution in [2.75, 3.05) is 19.6 Å². The van der Waals surface area contributed by atoms with Crippen LogP contribution in [0.2, 0.25) is 0 Å². The number of ether oxygens (including phenoxy) is 1. The van der Waals surface area contributed by atoms with Gasteiger partial charge < -0.3 is 20.7 Å². The lowest BCUT2D eigenvalue weighted by Gasteiger charge is -2.36. The topological polar surface area (TPSA) is 62.4 Å². The number of hydrogen-bond acceptors (Lipinski definition) is 4. The van der Waals surface area contributed by atoms with Gasteiger partial charge in [-0.25, -0.2) is 4.79 Å². The molecule has 3 N–H and O–H groups in total. The smallest absolute Gasteiger partial charge is 0.407 e. The maximum atomic E-state index is 11.6. The lowest BCUT2D eigenvalue weighted by molar-refractivity contribution is 0.0527. The second kappa shape index (κ2) is 8.16. The molecule has 1 saturated carbocycles. The Balaban J connectivity index is 1.67. The van der Waals surface area contributed by atoms with E-state index in [1.54, 1.807) is 0 Å². The monoisotopic (exact) mass is 311 g/mol. The zero-order valence-corrected chi connectivity index (χ0v) is 14.4. The number of alkyl carbamates (subject to hydrolysis) is 1. The molecular weight excluding hydrogens is 278 g/mol. The summed E-state index contributed by atoms with van der Waals surface area (Å²) < 4.78 is 5.24. The third-order valence-corrected chi connectivity index (χ3v) is 4.63. The molecular formula is C17H33N3O2. The number of amides is 1. The summed E-state index contributed by atoms with van der Waals surface area (Å²) in [6.07, 6.45) is 7.57. The minimum absolute atomic E-state index is 0.327. The molecule has 2 rings (SSSR count). The van der Waals surface area contributed by atoms with Crippen molar-refractivity contribution >= 4 is 6.09 Å². The van der Waals surface area contributed by atoms with Crippen LogP contribution in [0.5, 0.6) is 0 Å². The SMILES string of the molecule is CC(C)(C)OC(=O)NCCNC1CCCCC1C1CCCN1. The highest BCUT2D eigenvalue weighted by molar-refractivity contribution is 5.67. The van der Waals surface area contributed by atoms with Gasteiger partial charge in [0.1, 0.15) is 5.60 Å². The fraction of sp³-hybridized carbons (Fsp3) is 0.941. The van der Waals surface area contributed by atoms with Gasteiger partial charge in [0.05, 0.1) is 0 Å². The largest absolute Gasteiger partial charge is 0.444 e. The molecule has 5 nitrogen and oxygen atoms in total. The maximum absolute atomic E-state index is 11.6. The zero-order chi connectivity index (χ0) is 16.0. The molecule has 2 aliphatic rings. The van der Waals surface area contributed by atoms with Crippen LogP contribution in [-0.4, -0.2) is 43.4 Å². The Morgan fingerprint density at radius 1 is 1.14 bits per heavy atom. The molecule has 3 unspecified atom stereocenters. The van der Waals surface area contributed by atoms with E-state index in [0.717, 1.165) is 12.5 Å². The Labute approximate surface area is 134 Å². The van der Waals surface area contributed by atoms with Crippen molar-refractivity contribution in [1.82, 2.24) is 16.0 Å². The molecule has 22 heavy (non-hydrogen) atoms. The van der Waals surface area contributed by atoms with Gasteiger partial charge in [-0.05, 0) is 58.9 Å². The van der Waals surface area contributed by atoms with Crippen LogP contribution in [-0.2, 0) is 4.74 Å². The molecule has 3 atom stereocenters. The third-order valence-electron chi connectivity index (χ3n) is 4.63. The summed E-state index contributed by atoms with van der Waals surface area (Å²) in [7, 11) is 0. The summed E-state index contributed by atoms with van der Waals surface area (Å²) >= 11 is 0. The number of nitrogens with one attached hydrogen (secondary N) is 3. The normalized spacial score (nSPS) is 29.3. The van der Waals surface area contributed by atoms with Crippen LogP contribution in [0.4, 0.5) is 4.79 Å². The Kier molecular flexibility index (Phi) is 6.50. The van der Waals surface area contributed by atoms with E-state index in [1.165, 1.54) is 45.1 Å². The van der Waals surface area contributed by atoms with E-state index in [9.17, 15) is 4.79 Å². The predicted molar refractivity (Wildman–Crippen MR) is 89.0 cm³/mol. The molecule has 0 aromatic heterocycles. The molecule has 0 radical (unpaired) electrons. The van der Waals surface area contributed by atoms with Crippen molar-refractivity contribution in [2.24, 2.45) is 5.92 Å². The highest BCUT2D eigenvalue weighted by Crippen LogP contribution is 2.30. The zero-order valence-electron chi connectivity index (χ0n) is 14.4. The van der Waals surface area contributed by atoms with Crippen LogP contribution in [0, 0.1) is 5.92 Å². The lowest BCUT2D eigenvalue weighted by atomic mass is 9.79. The summed E-state index contributed by atoms with van der Waals surface area (Å²) in [5.74, 6) is 0.748. The fourth-order valence-corrected chi connectivity index (χ4v) is 3.71. The van der Waals surface area contributed by atoms with Gasteiger partial charge in [-0.2, -0.15) is 0 Å². The van der Waals surface area contributed by atoms with Gasteiger partial charge in [0, 0.05) is 25.2 Å². The second-order valence-corrected chi connectivity index (χ2v) is 7.64. The van der Waals surface area contributed by atoms with Crippen molar-refractivity contribution in [1.29, 1.82) is 0 Å². The van der Waals surface area contributed by atoms with Gasteiger partial charge >= 0.3 is 6.09 Å². The molecule has 2 fully saturated rings. The van der Waals surface area contributed by atoms with Gasteiger partial charge in [0.25, 0.3) is 0 Å². The van der Waals surface area contributed by atoms with Crippen LogP contribution in [0.3, 0.4) is 0 Å². The molecule has 0 aromatic rings. The number of rotatable bonds is 5. The Hall–Kier alpha value is -0.810. The summed E-state index contributed by atoms with van der Waals surface area (Å²) in [6.45, 7) is 8.25. The van der Waals surface area contributed by atoms with Crippen LogP contribution >= 0.6 is 0 Å². The minimum Gasteiger partial charge on any atom is -0.444 e. The first-order chi connectivity index (χ1) is 10.5. The van der Waals surface area contributed by atoms with Crippen LogP contribution < -0.4 is 16.0 Å². The van der Waals surface area contributed by atoms with Gasteiger partial charge in [0.15, 0.2) is 0 Å². The number of hydrogen-bond donors (Lipinski definition) is 3. The summed E-state index contributed by atoms with van der Waals surface area (Å²) in [5.41, 5.74) is -0.430. The molecule has 0 bridgehead atoms. The maximum Gasteiger partial charge on any atom is 0.407 e. The first-order valence-corrected chi connectivity index (χ1v) is 8.89. The fourth-order valence-electron chi connectivity index (χ4n) is 3.71. The number of carbonyl (C=O) groups is 1. The van der Waals surface area contributed by atoms with E-state index < -0.39 is 5.60 Å². The first-order valence-electron chi connectivity index (χ1n) is 8.89. The minimum atomic E-state index is -0.430. The van der Waals surface area contributed by atoms with E-state index in [-0.39, 0.29) is 6.09 Å². The average molecular weight is 311 g/mol. The van der Waals surface area contributed by atoms with E-state index in [0.29, 0.717) is 18.6 Å². The molecule has 1 aliphatic carbocycles. The Morgan fingerprint density at radius 3 is 2.59 bits per heavy atom. The van der Waals surface area contributed by atoms with Crippen molar-refractivity contribution in [2.45, 2.75) is 77.0 Å². The van der Waals surface area contributed by atoms with Crippen molar-refractivity contribution in [3.05, 3.63) is 0 Å². The molecule has 5 heteroatoms. The molecule has 0 spiro atoms. The summed E-state index contributed by atoms with van der Waals surface area (Å²) in [4.78, 5) is 11.6. The molecule has 1 heterocycles. The van der Waals surface area contributed by atoms with Crippen LogP contribution in [0.25, 0.3) is 0 Å². The van der Waals surface area contributed by atoms with Crippen molar-refractivity contribution < 1.29 is 9.53 Å². The highest BCUT2D eigenvalue weighted by atomic mass is 16.6. The van der Waals surface area contributed by atoms with E-state index in [1.807, 2.05) is 20.8 Å². The van der Waals surface area contributed by atoms with Crippen LogP contribution in [0.1, 0.15) is 59.3 Å². The predicted octanol–water partition coefficient (Wildman–Crippen LogP) is 2.41. The molecule has 1 amide bonds. The van der Waals surface area contributed by atoms with Gasteiger partial charge in [-0.15, -0.1) is 0 Å². The van der Waals surface area contributed by atoms with Gasteiger partial charge in [-0.1, -0.05) is 12.8 Å². The van der Waals surface area contributed by atoms with Crippen molar-refractivity contribution in [3.63, 3.8) is 0 Å². The molecule has 1 aliphatic heterocycles. The van der Waals surface area contributed by atoms with Crippen LogP contribution in [0.15, 0.2) is 0 Å². The highest BCUT2D eigenvalue weighted by Gasteiger charge is 2.32.